The Morgan fingerprint density at radius 3 is 2.50 bits per heavy atom. The van der Waals surface area contributed by atoms with Gasteiger partial charge in [-0.05, 0) is 49.5 Å². The molecule has 1 aromatic heterocycles. The fraction of sp³-hybridized carbons (Fsp3) is 0.571. The molecule has 2 saturated carbocycles. The Morgan fingerprint density at radius 2 is 1.94 bits per heavy atom. The molecule has 2 fully saturated rings. The predicted octanol–water partition coefficient (Wildman–Crippen LogP) is 1.54. The van der Waals surface area contributed by atoms with Gasteiger partial charge in [0.15, 0.2) is 0 Å². The monoisotopic (exact) mass is 246 g/mol. The van der Waals surface area contributed by atoms with Gasteiger partial charge in [-0.25, -0.2) is 0 Å². The van der Waals surface area contributed by atoms with Gasteiger partial charge in [-0.3, -0.25) is 9.59 Å². The highest BCUT2D eigenvalue weighted by Gasteiger charge is 2.41. The van der Waals surface area contributed by atoms with Crippen LogP contribution in [0.25, 0.3) is 0 Å². The van der Waals surface area contributed by atoms with Crippen molar-refractivity contribution >= 4 is 5.91 Å². The summed E-state index contributed by atoms with van der Waals surface area (Å²) in [6.45, 7) is 0.755. The molecule has 4 nitrogen and oxygen atoms in total. The Kier molecular flexibility index (Phi) is 2.94. The first-order valence-electron chi connectivity index (χ1n) is 6.71. The van der Waals surface area contributed by atoms with E-state index in [-0.39, 0.29) is 11.5 Å². The molecular formula is C14H18N2O2. The van der Waals surface area contributed by atoms with E-state index in [1.165, 1.54) is 31.7 Å². The topological polar surface area (TPSA) is 62.0 Å². The van der Waals surface area contributed by atoms with E-state index in [0.717, 1.165) is 18.4 Å². The molecule has 1 amide bonds. The van der Waals surface area contributed by atoms with Crippen LogP contribution >= 0.6 is 0 Å². The van der Waals surface area contributed by atoms with E-state index in [2.05, 4.69) is 10.3 Å². The normalized spacial score (nSPS) is 18.9. The molecule has 4 heteroatoms. The second-order valence-electron chi connectivity index (χ2n) is 5.48. The van der Waals surface area contributed by atoms with E-state index < -0.39 is 0 Å². The van der Waals surface area contributed by atoms with Crippen molar-refractivity contribution in [3.8, 4) is 0 Å². The van der Waals surface area contributed by atoms with Crippen LogP contribution in [0.3, 0.4) is 0 Å². The van der Waals surface area contributed by atoms with Gasteiger partial charge in [0.1, 0.15) is 5.69 Å². The third kappa shape index (κ3) is 2.63. The van der Waals surface area contributed by atoms with Crippen molar-refractivity contribution in [2.75, 3.05) is 6.54 Å². The lowest BCUT2D eigenvalue weighted by Crippen LogP contribution is -2.32. The van der Waals surface area contributed by atoms with Crippen LogP contribution in [0.2, 0.25) is 0 Å². The number of aromatic nitrogens is 1. The fourth-order valence-corrected chi connectivity index (χ4v) is 2.65. The Balaban J connectivity index is 1.58. The van der Waals surface area contributed by atoms with Crippen LogP contribution in [-0.2, 0) is 0 Å². The zero-order chi connectivity index (χ0) is 12.5. The van der Waals surface area contributed by atoms with Crippen molar-refractivity contribution in [1.82, 2.24) is 10.3 Å². The minimum atomic E-state index is -0.233. The van der Waals surface area contributed by atoms with Crippen LogP contribution in [0, 0.1) is 17.8 Å². The second-order valence-corrected chi connectivity index (χ2v) is 5.48. The minimum absolute atomic E-state index is 0.168. The van der Waals surface area contributed by atoms with Gasteiger partial charge in [0.25, 0.3) is 5.91 Å². The number of rotatable bonds is 5. The summed E-state index contributed by atoms with van der Waals surface area (Å²) in [5.74, 6) is 2.14. The maximum atomic E-state index is 11.9. The van der Waals surface area contributed by atoms with Crippen molar-refractivity contribution in [2.45, 2.75) is 25.7 Å². The van der Waals surface area contributed by atoms with E-state index in [0.29, 0.717) is 11.6 Å². The largest absolute Gasteiger partial charge is 0.350 e. The van der Waals surface area contributed by atoms with Crippen LogP contribution in [0.4, 0.5) is 0 Å². The summed E-state index contributed by atoms with van der Waals surface area (Å²) >= 11 is 0. The fourth-order valence-electron chi connectivity index (χ4n) is 2.65. The first-order valence-corrected chi connectivity index (χ1v) is 6.71. The van der Waals surface area contributed by atoms with E-state index in [4.69, 9.17) is 0 Å². The molecule has 1 heterocycles. The molecule has 0 aliphatic heterocycles. The van der Waals surface area contributed by atoms with Gasteiger partial charge in [-0.2, -0.15) is 0 Å². The van der Waals surface area contributed by atoms with Gasteiger partial charge in [0.2, 0.25) is 5.56 Å². The van der Waals surface area contributed by atoms with Crippen molar-refractivity contribution in [3.63, 3.8) is 0 Å². The summed E-state index contributed by atoms with van der Waals surface area (Å²) in [6.07, 6.45) is 5.27. The van der Waals surface area contributed by atoms with Gasteiger partial charge in [0.05, 0.1) is 0 Å². The van der Waals surface area contributed by atoms with Crippen LogP contribution in [0.15, 0.2) is 23.0 Å². The minimum Gasteiger partial charge on any atom is -0.350 e. The van der Waals surface area contributed by atoms with E-state index in [1.54, 1.807) is 12.1 Å². The molecule has 96 valence electrons. The average Bonchev–Trinajstić information content (AvgIpc) is 3.23. The number of hydrogen-bond donors (Lipinski definition) is 2. The number of H-pyrrole nitrogens is 1. The van der Waals surface area contributed by atoms with Crippen molar-refractivity contribution in [2.24, 2.45) is 17.8 Å². The van der Waals surface area contributed by atoms with E-state index >= 15 is 0 Å². The van der Waals surface area contributed by atoms with Gasteiger partial charge in [0, 0.05) is 12.6 Å². The first-order chi connectivity index (χ1) is 8.74. The summed E-state index contributed by atoms with van der Waals surface area (Å²) in [5, 5.41) is 2.96. The predicted molar refractivity (Wildman–Crippen MR) is 68.3 cm³/mol. The molecule has 0 unspecified atom stereocenters. The third-order valence-electron chi connectivity index (χ3n) is 3.97. The number of amides is 1. The summed E-state index contributed by atoms with van der Waals surface area (Å²) in [7, 11) is 0. The maximum Gasteiger partial charge on any atom is 0.267 e. The Hall–Kier alpha value is -1.58. The number of aromatic amines is 1. The lowest BCUT2D eigenvalue weighted by atomic mass is 9.98. The Bertz CT molecular complexity index is 489. The zero-order valence-corrected chi connectivity index (χ0v) is 10.3. The molecule has 2 N–H and O–H groups in total. The lowest BCUT2D eigenvalue weighted by molar-refractivity contribution is 0.0938. The Labute approximate surface area is 106 Å². The van der Waals surface area contributed by atoms with Gasteiger partial charge < -0.3 is 10.3 Å². The number of pyridine rings is 1. The van der Waals surface area contributed by atoms with Crippen LogP contribution < -0.4 is 10.9 Å². The molecule has 0 atom stereocenters. The molecule has 18 heavy (non-hydrogen) atoms. The number of nitrogens with one attached hydrogen (secondary N) is 2. The molecular weight excluding hydrogens is 228 g/mol. The highest BCUT2D eigenvalue weighted by Crippen LogP contribution is 2.48. The summed E-state index contributed by atoms with van der Waals surface area (Å²) in [4.78, 5) is 25.6. The number of hydrogen-bond acceptors (Lipinski definition) is 2. The van der Waals surface area contributed by atoms with Crippen molar-refractivity contribution in [3.05, 3.63) is 34.2 Å². The molecule has 1 aromatic rings. The summed E-state index contributed by atoms with van der Waals surface area (Å²) in [5.41, 5.74) is 0.122. The summed E-state index contributed by atoms with van der Waals surface area (Å²) < 4.78 is 0. The van der Waals surface area contributed by atoms with Gasteiger partial charge in [-0.1, -0.05) is 6.07 Å². The molecule has 3 rings (SSSR count). The molecule has 2 aliphatic carbocycles. The smallest absolute Gasteiger partial charge is 0.267 e. The first kappa shape index (κ1) is 11.5. The highest BCUT2D eigenvalue weighted by atomic mass is 16.2. The molecule has 0 saturated heterocycles. The van der Waals surface area contributed by atoms with Crippen molar-refractivity contribution in [1.29, 1.82) is 0 Å². The molecule has 2 aliphatic rings. The van der Waals surface area contributed by atoms with E-state index in [1.807, 2.05) is 0 Å². The molecule has 0 bridgehead atoms. The summed E-state index contributed by atoms with van der Waals surface area (Å²) in [6, 6.07) is 4.65. The van der Waals surface area contributed by atoms with Gasteiger partial charge in [-0.15, -0.1) is 0 Å². The highest BCUT2D eigenvalue weighted by molar-refractivity contribution is 5.92. The van der Waals surface area contributed by atoms with E-state index in [9.17, 15) is 9.59 Å². The van der Waals surface area contributed by atoms with Crippen LogP contribution in [0.1, 0.15) is 36.2 Å². The SMILES string of the molecule is O=C(NCC(C1CC1)C1CC1)c1cccc(=O)[nH]1. The van der Waals surface area contributed by atoms with Crippen LogP contribution in [-0.4, -0.2) is 17.4 Å². The molecule has 0 spiro atoms. The van der Waals surface area contributed by atoms with Gasteiger partial charge >= 0.3 is 0 Å². The van der Waals surface area contributed by atoms with Crippen molar-refractivity contribution < 1.29 is 4.79 Å². The third-order valence-corrected chi connectivity index (χ3v) is 3.97. The second kappa shape index (κ2) is 4.59. The molecule has 0 radical (unpaired) electrons. The lowest BCUT2D eigenvalue weighted by Gasteiger charge is -2.16. The zero-order valence-electron chi connectivity index (χ0n) is 10.3. The quantitative estimate of drug-likeness (QED) is 0.827. The van der Waals surface area contributed by atoms with Crippen LogP contribution in [0.5, 0.6) is 0 Å². The average molecular weight is 246 g/mol. The standard InChI is InChI=1S/C14H18N2O2/c17-13-3-1-2-12(16-13)14(18)15-8-11(9-4-5-9)10-6-7-10/h1-3,9-11H,4-8H2,(H,15,18)(H,16,17). The maximum absolute atomic E-state index is 11.9. The molecule has 0 aromatic carbocycles. The number of carbonyl (C=O) groups is 1. The Morgan fingerprint density at radius 1 is 1.28 bits per heavy atom. The number of carbonyl (C=O) groups excluding carboxylic acids is 1.